The van der Waals surface area contributed by atoms with E-state index in [1.807, 2.05) is 32.3 Å². The van der Waals surface area contributed by atoms with Crippen LogP contribution in [-0.4, -0.2) is 37.1 Å². The molecule has 1 atom stereocenters. The highest BCUT2D eigenvalue weighted by molar-refractivity contribution is 7.92. The summed E-state index contributed by atoms with van der Waals surface area (Å²) in [5.41, 5.74) is 2.87. The van der Waals surface area contributed by atoms with Crippen LogP contribution < -0.4 is 4.72 Å². The third kappa shape index (κ3) is 5.01. The van der Waals surface area contributed by atoms with Crippen molar-refractivity contribution in [1.82, 2.24) is 4.57 Å². The van der Waals surface area contributed by atoms with Crippen molar-refractivity contribution in [3.05, 3.63) is 52.8 Å². The second-order valence-corrected chi connectivity index (χ2v) is 8.86. The monoisotopic (exact) mass is 406 g/mol. The van der Waals surface area contributed by atoms with Crippen LogP contribution in [0.4, 0.5) is 5.69 Å². The highest BCUT2D eigenvalue weighted by atomic mass is 32.2. The maximum absolute atomic E-state index is 12.6. The van der Waals surface area contributed by atoms with Crippen LogP contribution in [0.5, 0.6) is 0 Å². The zero-order chi connectivity index (χ0) is 21.2. The molecule has 152 valence electrons. The molecule has 0 aliphatic rings. The number of anilines is 1. The summed E-state index contributed by atoms with van der Waals surface area (Å²) in [6.45, 7) is 9.35. The average molecular weight is 407 g/mol. The van der Waals surface area contributed by atoms with Gasteiger partial charge < -0.3 is 9.30 Å². The lowest BCUT2D eigenvalue weighted by Crippen LogP contribution is -2.24. The van der Waals surface area contributed by atoms with E-state index in [1.54, 1.807) is 6.07 Å². The zero-order valence-corrected chi connectivity index (χ0v) is 17.8. The molecule has 28 heavy (non-hydrogen) atoms. The number of Topliss-reactive ketones (excluding diaryl/α,β-unsaturated/α-hetero) is 1. The van der Waals surface area contributed by atoms with Crippen LogP contribution in [0.3, 0.4) is 0 Å². The van der Waals surface area contributed by atoms with Gasteiger partial charge in [0.05, 0.1) is 11.8 Å². The molecule has 0 saturated heterocycles. The average Bonchev–Trinajstić information content (AvgIpc) is 2.88. The number of sulfonamides is 1. The first-order valence-electron chi connectivity index (χ1n) is 8.92. The van der Waals surface area contributed by atoms with Crippen molar-refractivity contribution in [3.63, 3.8) is 0 Å². The molecule has 1 aromatic heterocycles. The Morgan fingerprint density at radius 2 is 1.64 bits per heavy atom. The minimum Gasteiger partial charge on any atom is -0.451 e. The minimum absolute atomic E-state index is 0.208. The number of aryl methyl sites for hydroxylation is 1. The molecule has 0 aliphatic heterocycles. The van der Waals surface area contributed by atoms with Crippen molar-refractivity contribution in [1.29, 1.82) is 0 Å². The molecule has 8 heteroatoms. The van der Waals surface area contributed by atoms with Crippen LogP contribution in [0.2, 0.25) is 0 Å². The number of hydrogen-bond donors (Lipinski definition) is 1. The number of esters is 1. The van der Waals surface area contributed by atoms with E-state index in [0.29, 0.717) is 16.8 Å². The van der Waals surface area contributed by atoms with Gasteiger partial charge in [0.15, 0.2) is 6.10 Å². The zero-order valence-electron chi connectivity index (χ0n) is 16.9. The van der Waals surface area contributed by atoms with E-state index in [2.05, 4.69) is 4.72 Å². The number of ketones is 1. The van der Waals surface area contributed by atoms with Crippen LogP contribution in [0, 0.1) is 13.8 Å². The maximum Gasteiger partial charge on any atom is 0.340 e. The molecule has 0 unspecified atom stereocenters. The minimum atomic E-state index is -3.39. The second kappa shape index (κ2) is 8.18. The van der Waals surface area contributed by atoms with Gasteiger partial charge in [0, 0.05) is 28.7 Å². The van der Waals surface area contributed by atoms with Gasteiger partial charge in [0.1, 0.15) is 0 Å². The Morgan fingerprint density at radius 1 is 1.07 bits per heavy atom. The van der Waals surface area contributed by atoms with Crippen molar-refractivity contribution < 1.29 is 22.7 Å². The second-order valence-electron chi connectivity index (χ2n) is 7.11. The van der Waals surface area contributed by atoms with Crippen LogP contribution in [0.15, 0.2) is 30.3 Å². The quantitative estimate of drug-likeness (QED) is 0.561. The lowest BCUT2D eigenvalue weighted by Gasteiger charge is -2.15. The van der Waals surface area contributed by atoms with E-state index < -0.39 is 22.1 Å². The first-order chi connectivity index (χ1) is 12.9. The van der Waals surface area contributed by atoms with Gasteiger partial charge in [0.2, 0.25) is 15.8 Å². The largest absolute Gasteiger partial charge is 0.451 e. The van der Waals surface area contributed by atoms with Crippen LogP contribution in [0.1, 0.15) is 58.9 Å². The Balaban J connectivity index is 2.12. The third-order valence-corrected chi connectivity index (χ3v) is 4.95. The fourth-order valence-electron chi connectivity index (χ4n) is 3.21. The smallest absolute Gasteiger partial charge is 0.340 e. The third-order valence-electron chi connectivity index (χ3n) is 4.35. The first-order valence-corrected chi connectivity index (χ1v) is 10.8. The summed E-state index contributed by atoms with van der Waals surface area (Å²) in [6, 6.07) is 7.92. The number of rotatable bonds is 7. The Morgan fingerprint density at radius 3 is 2.11 bits per heavy atom. The summed E-state index contributed by atoms with van der Waals surface area (Å²) >= 11 is 0. The highest BCUT2D eigenvalue weighted by Gasteiger charge is 2.24. The van der Waals surface area contributed by atoms with Crippen molar-refractivity contribution in [2.24, 2.45) is 0 Å². The van der Waals surface area contributed by atoms with E-state index in [-0.39, 0.29) is 11.8 Å². The molecule has 1 heterocycles. The number of aromatic nitrogens is 1. The molecule has 1 aromatic carbocycles. The molecule has 0 saturated carbocycles. The number of hydrogen-bond acceptors (Lipinski definition) is 5. The van der Waals surface area contributed by atoms with E-state index in [1.165, 1.54) is 31.2 Å². The molecule has 0 amide bonds. The first kappa shape index (κ1) is 21.7. The molecule has 2 rings (SSSR count). The number of nitrogens with zero attached hydrogens (tertiary/aromatic N) is 1. The number of carbonyl (C=O) groups excluding carboxylic acids is 2. The Labute approximate surface area is 165 Å². The van der Waals surface area contributed by atoms with E-state index >= 15 is 0 Å². The van der Waals surface area contributed by atoms with Crippen molar-refractivity contribution in [2.45, 2.75) is 46.8 Å². The van der Waals surface area contributed by atoms with Gasteiger partial charge in [-0.1, -0.05) is 0 Å². The topological polar surface area (TPSA) is 94.5 Å². The summed E-state index contributed by atoms with van der Waals surface area (Å²) in [5.74, 6) is -0.909. The van der Waals surface area contributed by atoms with Crippen LogP contribution in [-0.2, 0) is 14.8 Å². The van der Waals surface area contributed by atoms with E-state index in [4.69, 9.17) is 4.74 Å². The molecular weight excluding hydrogens is 380 g/mol. The molecule has 0 spiro atoms. The Hall–Kier alpha value is -2.61. The summed E-state index contributed by atoms with van der Waals surface area (Å²) in [4.78, 5) is 25.1. The van der Waals surface area contributed by atoms with Gasteiger partial charge in [-0.3, -0.25) is 9.52 Å². The SMILES string of the molecule is Cc1cc(C(=O)O[C@H](C)C(=O)c2ccc(NS(C)(=O)=O)cc2)c(C)n1C(C)C. The van der Waals surface area contributed by atoms with Gasteiger partial charge in [-0.2, -0.15) is 0 Å². The predicted molar refractivity (Wildman–Crippen MR) is 108 cm³/mol. The lowest BCUT2D eigenvalue weighted by atomic mass is 10.1. The van der Waals surface area contributed by atoms with Crippen molar-refractivity contribution >= 4 is 27.5 Å². The fraction of sp³-hybridized carbons (Fsp3) is 0.400. The molecule has 0 fully saturated rings. The number of nitrogens with one attached hydrogen (secondary N) is 1. The van der Waals surface area contributed by atoms with Gasteiger partial charge in [0.25, 0.3) is 0 Å². The highest BCUT2D eigenvalue weighted by Crippen LogP contribution is 2.22. The fourth-order valence-corrected chi connectivity index (χ4v) is 3.77. The standard InChI is InChI=1S/C20H26N2O5S/c1-12(2)22-13(3)11-18(14(22)4)20(24)27-15(5)19(23)16-7-9-17(10-8-16)21-28(6,25)26/h7-12,15,21H,1-6H3/t15-/m1/s1. The van der Waals surface area contributed by atoms with Gasteiger partial charge in [-0.15, -0.1) is 0 Å². The molecular formula is C20H26N2O5S. The predicted octanol–water partition coefficient (Wildman–Crippen LogP) is 3.49. The number of ether oxygens (including phenoxy) is 1. The molecule has 1 N–H and O–H groups in total. The Bertz CT molecular complexity index is 988. The molecule has 7 nitrogen and oxygen atoms in total. The summed E-state index contributed by atoms with van der Waals surface area (Å²) < 4.78 is 32.2. The maximum atomic E-state index is 12.6. The van der Waals surface area contributed by atoms with Gasteiger partial charge in [-0.25, -0.2) is 13.2 Å². The molecule has 2 aromatic rings. The van der Waals surface area contributed by atoms with Gasteiger partial charge >= 0.3 is 5.97 Å². The number of benzene rings is 1. The lowest BCUT2D eigenvalue weighted by molar-refractivity contribution is 0.0318. The molecule has 0 aliphatic carbocycles. The molecule has 0 radical (unpaired) electrons. The number of carbonyl (C=O) groups is 2. The van der Waals surface area contributed by atoms with Crippen LogP contribution >= 0.6 is 0 Å². The molecule has 0 bridgehead atoms. The Kier molecular flexibility index (Phi) is 6.34. The van der Waals surface area contributed by atoms with Crippen molar-refractivity contribution in [2.75, 3.05) is 11.0 Å². The van der Waals surface area contributed by atoms with E-state index in [0.717, 1.165) is 17.6 Å². The summed E-state index contributed by atoms with van der Waals surface area (Å²) in [7, 11) is -3.39. The van der Waals surface area contributed by atoms with Crippen LogP contribution in [0.25, 0.3) is 0 Å². The van der Waals surface area contributed by atoms with E-state index in [9.17, 15) is 18.0 Å². The summed E-state index contributed by atoms with van der Waals surface area (Å²) in [5, 5.41) is 0. The normalized spacial score (nSPS) is 12.7. The van der Waals surface area contributed by atoms with Gasteiger partial charge in [-0.05, 0) is 65.0 Å². The summed E-state index contributed by atoms with van der Waals surface area (Å²) in [6.07, 6.45) is 0.0764. The van der Waals surface area contributed by atoms with Crippen molar-refractivity contribution in [3.8, 4) is 0 Å².